The van der Waals surface area contributed by atoms with Gasteiger partial charge in [-0.2, -0.15) is 13.2 Å². The van der Waals surface area contributed by atoms with Gasteiger partial charge in [0, 0.05) is 18.0 Å². The van der Waals surface area contributed by atoms with Gasteiger partial charge in [-0.3, -0.25) is 0 Å². The molecule has 1 aromatic rings. The lowest BCUT2D eigenvalue weighted by atomic mass is 10.1. The first-order valence-electron chi connectivity index (χ1n) is 5.45. The largest absolute Gasteiger partial charge is 0.389 e. The fourth-order valence-corrected chi connectivity index (χ4v) is 1.54. The summed E-state index contributed by atoms with van der Waals surface area (Å²) >= 11 is 0. The van der Waals surface area contributed by atoms with E-state index in [1.54, 1.807) is 25.1 Å². The molecule has 17 heavy (non-hydrogen) atoms. The number of rotatable bonds is 5. The zero-order valence-corrected chi connectivity index (χ0v) is 9.52. The van der Waals surface area contributed by atoms with Crippen LogP contribution in [0, 0.1) is 5.82 Å². The van der Waals surface area contributed by atoms with Crippen molar-refractivity contribution in [3.63, 3.8) is 0 Å². The molecule has 0 unspecified atom stereocenters. The molecule has 1 rings (SSSR count). The quantitative estimate of drug-likeness (QED) is 0.618. The van der Waals surface area contributed by atoms with E-state index in [0.29, 0.717) is 5.56 Å². The van der Waals surface area contributed by atoms with Crippen LogP contribution in [-0.2, 0) is 0 Å². The molecule has 0 radical (unpaired) electrons. The maximum absolute atomic E-state index is 13.3. The van der Waals surface area contributed by atoms with E-state index in [9.17, 15) is 17.6 Å². The number of hydrogen-bond acceptors (Lipinski definition) is 1. The lowest BCUT2D eigenvalue weighted by molar-refractivity contribution is -0.135. The molecular formula is C12H15F4N. The van der Waals surface area contributed by atoms with E-state index in [2.05, 4.69) is 5.32 Å². The third kappa shape index (κ3) is 5.17. The van der Waals surface area contributed by atoms with Crippen LogP contribution < -0.4 is 5.32 Å². The zero-order valence-electron chi connectivity index (χ0n) is 9.52. The first kappa shape index (κ1) is 14.0. The van der Waals surface area contributed by atoms with Crippen LogP contribution in [0.5, 0.6) is 0 Å². The van der Waals surface area contributed by atoms with E-state index in [4.69, 9.17) is 0 Å². The lowest BCUT2D eigenvalue weighted by Crippen LogP contribution is -2.22. The predicted molar refractivity (Wildman–Crippen MR) is 58.1 cm³/mol. The number of hydrogen-bond donors (Lipinski definition) is 1. The van der Waals surface area contributed by atoms with E-state index in [1.165, 1.54) is 6.07 Å². The molecule has 96 valence electrons. The Hall–Kier alpha value is -1.10. The minimum absolute atomic E-state index is 0.00227. The van der Waals surface area contributed by atoms with Gasteiger partial charge in [0.1, 0.15) is 5.82 Å². The SMILES string of the molecule is C[C@@H](NCCCC(F)(F)F)c1ccccc1F. The Kier molecular flexibility index (Phi) is 4.93. The fraction of sp³-hybridized carbons (Fsp3) is 0.500. The van der Waals surface area contributed by atoms with Crippen molar-refractivity contribution >= 4 is 0 Å². The first-order chi connectivity index (χ1) is 7.90. The molecule has 0 aliphatic heterocycles. The Morgan fingerprint density at radius 2 is 1.88 bits per heavy atom. The summed E-state index contributed by atoms with van der Waals surface area (Å²) in [5, 5.41) is 2.87. The Morgan fingerprint density at radius 1 is 1.24 bits per heavy atom. The van der Waals surface area contributed by atoms with Crippen molar-refractivity contribution in [1.29, 1.82) is 0 Å². The summed E-state index contributed by atoms with van der Waals surface area (Å²) in [4.78, 5) is 0. The standard InChI is InChI=1S/C12H15F4N/c1-9(10-5-2-3-6-11(10)13)17-8-4-7-12(14,15)16/h2-3,5-6,9,17H,4,7-8H2,1H3/t9-/m1/s1. The van der Waals surface area contributed by atoms with Crippen LogP contribution in [0.4, 0.5) is 17.6 Å². The number of alkyl halides is 3. The van der Waals surface area contributed by atoms with Crippen molar-refractivity contribution in [1.82, 2.24) is 5.32 Å². The predicted octanol–water partition coefficient (Wildman–Crippen LogP) is 3.82. The molecule has 1 nitrogen and oxygen atoms in total. The lowest BCUT2D eigenvalue weighted by Gasteiger charge is -2.15. The second kappa shape index (κ2) is 6.00. The Morgan fingerprint density at radius 3 is 2.47 bits per heavy atom. The Balaban J connectivity index is 2.36. The minimum atomic E-state index is -4.12. The van der Waals surface area contributed by atoms with Gasteiger partial charge in [-0.15, -0.1) is 0 Å². The van der Waals surface area contributed by atoms with E-state index >= 15 is 0 Å². The van der Waals surface area contributed by atoms with Crippen molar-refractivity contribution < 1.29 is 17.6 Å². The molecule has 0 saturated heterocycles. The second-order valence-electron chi connectivity index (χ2n) is 3.92. The van der Waals surface area contributed by atoms with Crippen LogP contribution in [0.1, 0.15) is 31.4 Å². The van der Waals surface area contributed by atoms with Crippen LogP contribution in [0.2, 0.25) is 0 Å². The number of nitrogens with one attached hydrogen (secondary N) is 1. The molecule has 0 fully saturated rings. The molecule has 5 heteroatoms. The highest BCUT2D eigenvalue weighted by Crippen LogP contribution is 2.21. The van der Waals surface area contributed by atoms with Crippen LogP contribution in [-0.4, -0.2) is 12.7 Å². The summed E-state index contributed by atoms with van der Waals surface area (Å²) in [6, 6.07) is 5.95. The maximum Gasteiger partial charge on any atom is 0.389 e. The molecule has 0 aliphatic carbocycles. The normalized spacial score (nSPS) is 13.7. The molecule has 0 saturated carbocycles. The van der Waals surface area contributed by atoms with Gasteiger partial charge in [0.2, 0.25) is 0 Å². The van der Waals surface area contributed by atoms with Gasteiger partial charge in [0.25, 0.3) is 0 Å². The first-order valence-corrected chi connectivity index (χ1v) is 5.45. The van der Waals surface area contributed by atoms with E-state index in [0.717, 1.165) is 0 Å². The van der Waals surface area contributed by atoms with Crippen molar-refractivity contribution in [2.45, 2.75) is 32.0 Å². The zero-order chi connectivity index (χ0) is 12.9. The van der Waals surface area contributed by atoms with Crippen LogP contribution in [0.25, 0.3) is 0 Å². The summed E-state index contributed by atoms with van der Waals surface area (Å²) in [5.41, 5.74) is 0.472. The van der Waals surface area contributed by atoms with Crippen molar-refractivity contribution in [2.24, 2.45) is 0 Å². The molecule has 0 amide bonds. The van der Waals surface area contributed by atoms with Gasteiger partial charge in [-0.25, -0.2) is 4.39 Å². The molecule has 0 spiro atoms. The van der Waals surface area contributed by atoms with Gasteiger partial charge in [-0.05, 0) is 26.0 Å². The highest BCUT2D eigenvalue weighted by atomic mass is 19.4. The molecule has 1 aromatic carbocycles. The van der Waals surface area contributed by atoms with Crippen molar-refractivity contribution in [3.05, 3.63) is 35.6 Å². The fourth-order valence-electron chi connectivity index (χ4n) is 1.54. The Bertz CT molecular complexity index is 349. The summed E-state index contributed by atoms with van der Waals surface area (Å²) in [6.07, 6.45) is -4.94. The van der Waals surface area contributed by atoms with Crippen LogP contribution in [0.3, 0.4) is 0 Å². The molecular weight excluding hydrogens is 234 g/mol. The average molecular weight is 249 g/mol. The van der Waals surface area contributed by atoms with E-state index < -0.39 is 12.6 Å². The summed E-state index contributed by atoms with van der Waals surface area (Å²) in [6.45, 7) is 1.95. The summed E-state index contributed by atoms with van der Waals surface area (Å²) in [7, 11) is 0. The molecule has 0 aromatic heterocycles. The topological polar surface area (TPSA) is 12.0 Å². The highest BCUT2D eigenvalue weighted by Gasteiger charge is 2.25. The van der Waals surface area contributed by atoms with Crippen molar-refractivity contribution in [3.8, 4) is 0 Å². The Labute approximate surface area is 97.8 Å². The van der Waals surface area contributed by atoms with Gasteiger partial charge < -0.3 is 5.32 Å². The maximum atomic E-state index is 13.3. The molecule has 0 bridgehead atoms. The molecule has 0 heterocycles. The summed E-state index contributed by atoms with van der Waals surface area (Å²) < 4.78 is 49.0. The number of benzene rings is 1. The van der Waals surface area contributed by atoms with Gasteiger partial charge in [0.05, 0.1) is 0 Å². The molecule has 0 aliphatic rings. The van der Waals surface area contributed by atoms with Gasteiger partial charge in [-0.1, -0.05) is 18.2 Å². The van der Waals surface area contributed by atoms with Gasteiger partial charge in [0.15, 0.2) is 0 Å². The smallest absolute Gasteiger partial charge is 0.310 e. The highest BCUT2D eigenvalue weighted by molar-refractivity contribution is 5.20. The van der Waals surface area contributed by atoms with Crippen LogP contribution in [0.15, 0.2) is 24.3 Å². The third-order valence-corrected chi connectivity index (χ3v) is 2.46. The third-order valence-electron chi connectivity index (χ3n) is 2.46. The molecule has 1 atom stereocenters. The van der Waals surface area contributed by atoms with Crippen LogP contribution >= 0.6 is 0 Å². The minimum Gasteiger partial charge on any atom is -0.310 e. The van der Waals surface area contributed by atoms with E-state index in [-0.39, 0.29) is 24.8 Å². The second-order valence-corrected chi connectivity index (χ2v) is 3.92. The van der Waals surface area contributed by atoms with E-state index in [1.807, 2.05) is 0 Å². The van der Waals surface area contributed by atoms with Gasteiger partial charge >= 0.3 is 6.18 Å². The number of halogens is 4. The molecule has 1 N–H and O–H groups in total. The monoisotopic (exact) mass is 249 g/mol. The average Bonchev–Trinajstić information content (AvgIpc) is 2.23. The summed E-state index contributed by atoms with van der Waals surface area (Å²) in [5.74, 6) is -0.344. The van der Waals surface area contributed by atoms with Crippen molar-refractivity contribution in [2.75, 3.05) is 6.54 Å².